The van der Waals surface area contributed by atoms with E-state index in [1.54, 1.807) is 18.6 Å². The van der Waals surface area contributed by atoms with Crippen molar-refractivity contribution < 1.29 is 9.59 Å². The molecular weight excluding hydrogens is 320 g/mol. The SMILES string of the molecule is Cc1ccccc1[C@H](CC(=O)NCCNc1cnccn1)NC(N)=O. The van der Waals surface area contributed by atoms with Crippen molar-refractivity contribution in [1.82, 2.24) is 20.6 Å². The lowest BCUT2D eigenvalue weighted by atomic mass is 9.98. The predicted octanol–water partition coefficient (Wildman–Crippen LogP) is 1.11. The minimum absolute atomic E-state index is 0.110. The van der Waals surface area contributed by atoms with E-state index in [2.05, 4.69) is 25.9 Å². The number of nitrogens with two attached hydrogens (primary N) is 1. The number of aryl methyl sites for hydroxylation is 1. The highest BCUT2D eigenvalue weighted by Gasteiger charge is 2.18. The number of urea groups is 1. The molecule has 0 aliphatic carbocycles. The standard InChI is InChI=1S/C17H22N6O2/c1-12-4-2-3-5-13(12)14(23-17(18)25)10-16(24)22-9-8-21-15-11-19-6-7-20-15/h2-7,11,14H,8-10H2,1H3,(H,20,21)(H,22,24)(H3,18,23,25)/t14-/m0/s1. The van der Waals surface area contributed by atoms with Crippen molar-refractivity contribution in [3.05, 3.63) is 54.0 Å². The summed E-state index contributed by atoms with van der Waals surface area (Å²) in [5.41, 5.74) is 7.09. The molecule has 3 amide bonds. The molecule has 1 atom stereocenters. The zero-order valence-electron chi connectivity index (χ0n) is 14.0. The van der Waals surface area contributed by atoms with Crippen molar-refractivity contribution >= 4 is 17.8 Å². The second-order valence-corrected chi connectivity index (χ2v) is 5.49. The maximum absolute atomic E-state index is 12.2. The number of hydrogen-bond acceptors (Lipinski definition) is 5. The van der Waals surface area contributed by atoms with Crippen molar-refractivity contribution in [2.45, 2.75) is 19.4 Å². The Labute approximate surface area is 146 Å². The lowest BCUT2D eigenvalue weighted by molar-refractivity contribution is -0.121. The van der Waals surface area contributed by atoms with Crippen molar-refractivity contribution in [3.8, 4) is 0 Å². The third-order valence-corrected chi connectivity index (χ3v) is 3.59. The fourth-order valence-corrected chi connectivity index (χ4v) is 2.43. The van der Waals surface area contributed by atoms with Gasteiger partial charge >= 0.3 is 6.03 Å². The van der Waals surface area contributed by atoms with Crippen molar-refractivity contribution in [2.24, 2.45) is 5.73 Å². The number of nitrogens with zero attached hydrogens (tertiary/aromatic N) is 2. The normalized spacial score (nSPS) is 11.4. The monoisotopic (exact) mass is 342 g/mol. The van der Waals surface area contributed by atoms with E-state index in [1.165, 1.54) is 0 Å². The largest absolute Gasteiger partial charge is 0.367 e. The Balaban J connectivity index is 1.85. The van der Waals surface area contributed by atoms with Crippen LogP contribution in [0.15, 0.2) is 42.9 Å². The number of hydrogen-bond donors (Lipinski definition) is 4. The highest BCUT2D eigenvalue weighted by molar-refractivity contribution is 5.78. The lowest BCUT2D eigenvalue weighted by Crippen LogP contribution is -2.37. The summed E-state index contributed by atoms with van der Waals surface area (Å²) in [5, 5.41) is 8.48. The highest BCUT2D eigenvalue weighted by atomic mass is 16.2. The predicted molar refractivity (Wildman–Crippen MR) is 94.8 cm³/mol. The summed E-state index contributed by atoms with van der Waals surface area (Å²) < 4.78 is 0. The third-order valence-electron chi connectivity index (χ3n) is 3.59. The molecule has 1 aromatic heterocycles. The molecule has 0 radical (unpaired) electrons. The van der Waals surface area contributed by atoms with Crippen LogP contribution < -0.4 is 21.7 Å². The summed E-state index contributed by atoms with van der Waals surface area (Å²) in [6.45, 7) is 2.86. The maximum Gasteiger partial charge on any atom is 0.312 e. The fraction of sp³-hybridized carbons (Fsp3) is 0.294. The van der Waals surface area contributed by atoms with Crippen LogP contribution in [0, 0.1) is 6.92 Å². The number of carbonyl (C=O) groups is 2. The number of benzene rings is 1. The van der Waals surface area contributed by atoms with E-state index < -0.39 is 12.1 Å². The molecule has 0 bridgehead atoms. The molecule has 0 spiro atoms. The summed E-state index contributed by atoms with van der Waals surface area (Å²) in [7, 11) is 0. The summed E-state index contributed by atoms with van der Waals surface area (Å²) in [6.07, 6.45) is 4.89. The second-order valence-electron chi connectivity index (χ2n) is 5.49. The van der Waals surface area contributed by atoms with Gasteiger partial charge in [0.25, 0.3) is 0 Å². The highest BCUT2D eigenvalue weighted by Crippen LogP contribution is 2.20. The van der Waals surface area contributed by atoms with Crippen LogP contribution in [0.25, 0.3) is 0 Å². The Morgan fingerprint density at radius 1 is 1.20 bits per heavy atom. The van der Waals surface area contributed by atoms with Gasteiger partial charge < -0.3 is 21.7 Å². The van der Waals surface area contributed by atoms with Gasteiger partial charge in [0.1, 0.15) is 5.82 Å². The van der Waals surface area contributed by atoms with Crippen LogP contribution in [0.2, 0.25) is 0 Å². The maximum atomic E-state index is 12.2. The van der Waals surface area contributed by atoms with E-state index in [9.17, 15) is 9.59 Å². The minimum atomic E-state index is -0.662. The van der Waals surface area contributed by atoms with Crippen molar-refractivity contribution in [1.29, 1.82) is 0 Å². The Hall–Kier alpha value is -3.16. The molecule has 0 fully saturated rings. The van der Waals surface area contributed by atoms with Gasteiger partial charge in [-0.3, -0.25) is 9.78 Å². The van der Waals surface area contributed by atoms with Crippen LogP contribution in [0.3, 0.4) is 0 Å². The Bertz CT molecular complexity index is 707. The molecule has 0 aliphatic rings. The van der Waals surface area contributed by atoms with Crippen LogP contribution in [0.1, 0.15) is 23.6 Å². The van der Waals surface area contributed by atoms with Crippen molar-refractivity contribution in [3.63, 3.8) is 0 Å². The number of primary amides is 1. The van der Waals surface area contributed by atoms with Gasteiger partial charge in [0.15, 0.2) is 0 Å². The molecule has 2 rings (SSSR count). The first kappa shape index (κ1) is 18.2. The van der Waals surface area contributed by atoms with Crippen molar-refractivity contribution in [2.75, 3.05) is 18.4 Å². The van der Waals surface area contributed by atoms with E-state index >= 15 is 0 Å². The minimum Gasteiger partial charge on any atom is -0.367 e. The molecule has 1 aromatic carbocycles. The Kier molecular flexibility index (Phi) is 6.70. The van der Waals surface area contributed by atoms with Gasteiger partial charge in [-0.15, -0.1) is 0 Å². The zero-order valence-corrected chi connectivity index (χ0v) is 14.0. The fourth-order valence-electron chi connectivity index (χ4n) is 2.43. The molecule has 8 heteroatoms. The smallest absolute Gasteiger partial charge is 0.312 e. The van der Waals surface area contributed by atoms with E-state index in [0.29, 0.717) is 18.9 Å². The van der Waals surface area contributed by atoms with Gasteiger partial charge in [0.05, 0.1) is 18.7 Å². The summed E-state index contributed by atoms with van der Waals surface area (Å²) in [4.78, 5) is 31.4. The lowest BCUT2D eigenvalue weighted by Gasteiger charge is -2.19. The first-order chi connectivity index (χ1) is 12.1. The number of amides is 3. The third kappa shape index (κ3) is 6.09. The van der Waals surface area contributed by atoms with Crippen LogP contribution in [0.5, 0.6) is 0 Å². The number of nitrogens with one attached hydrogen (secondary N) is 3. The molecule has 8 nitrogen and oxygen atoms in total. The van der Waals surface area contributed by atoms with Gasteiger partial charge in [-0.05, 0) is 18.1 Å². The first-order valence-electron chi connectivity index (χ1n) is 7.94. The topological polar surface area (TPSA) is 122 Å². The van der Waals surface area contributed by atoms with Gasteiger partial charge in [-0.25, -0.2) is 9.78 Å². The Morgan fingerprint density at radius 3 is 2.68 bits per heavy atom. The number of anilines is 1. The van der Waals surface area contributed by atoms with Crippen LogP contribution >= 0.6 is 0 Å². The molecule has 2 aromatic rings. The van der Waals surface area contributed by atoms with Crippen LogP contribution in [-0.4, -0.2) is 35.0 Å². The van der Waals surface area contributed by atoms with E-state index in [4.69, 9.17) is 5.73 Å². The first-order valence-corrected chi connectivity index (χ1v) is 7.94. The van der Waals surface area contributed by atoms with Gasteiger partial charge in [-0.2, -0.15) is 0 Å². The van der Waals surface area contributed by atoms with E-state index in [-0.39, 0.29) is 12.3 Å². The van der Waals surface area contributed by atoms with E-state index in [1.807, 2.05) is 31.2 Å². The number of rotatable bonds is 8. The number of aromatic nitrogens is 2. The molecule has 0 unspecified atom stereocenters. The Morgan fingerprint density at radius 2 is 2.00 bits per heavy atom. The van der Waals surface area contributed by atoms with Gasteiger partial charge in [-0.1, -0.05) is 24.3 Å². The van der Waals surface area contributed by atoms with E-state index in [0.717, 1.165) is 11.1 Å². The average Bonchev–Trinajstić information content (AvgIpc) is 2.59. The van der Waals surface area contributed by atoms with Gasteiger partial charge in [0.2, 0.25) is 5.91 Å². The zero-order chi connectivity index (χ0) is 18.1. The van der Waals surface area contributed by atoms with Gasteiger partial charge in [0, 0.05) is 25.5 Å². The average molecular weight is 342 g/mol. The second kappa shape index (κ2) is 9.21. The molecule has 5 N–H and O–H groups in total. The molecular formula is C17H22N6O2. The molecule has 0 saturated heterocycles. The quantitative estimate of drug-likeness (QED) is 0.535. The number of carbonyl (C=O) groups excluding carboxylic acids is 2. The summed E-state index contributed by atoms with van der Waals surface area (Å²) >= 11 is 0. The molecule has 0 saturated carbocycles. The summed E-state index contributed by atoms with van der Waals surface area (Å²) in [5.74, 6) is 0.466. The van der Waals surface area contributed by atoms with Crippen LogP contribution in [-0.2, 0) is 4.79 Å². The molecule has 132 valence electrons. The molecule has 1 heterocycles. The molecule has 0 aliphatic heterocycles. The van der Waals surface area contributed by atoms with Crippen LogP contribution in [0.4, 0.5) is 10.6 Å². The summed E-state index contributed by atoms with van der Waals surface area (Å²) in [6, 6.07) is 6.43. The molecule has 25 heavy (non-hydrogen) atoms.